The predicted molar refractivity (Wildman–Crippen MR) is 137 cm³/mol. The number of phosphoric ester groups is 1. The maximum Gasteiger partial charge on any atom is 0.472 e. The summed E-state index contributed by atoms with van der Waals surface area (Å²) in [5.74, 6) is -0.383. The molecular weight excluding hydrogens is 457 g/mol. The van der Waals surface area contributed by atoms with Gasteiger partial charge in [-0.2, -0.15) is 0 Å². The number of hydrogen-bond acceptors (Lipinski definition) is 7. The van der Waals surface area contributed by atoms with E-state index in [4.69, 9.17) is 24.3 Å². The van der Waals surface area contributed by atoms with Crippen LogP contribution in [-0.2, 0) is 27.9 Å². The van der Waals surface area contributed by atoms with E-state index in [0.29, 0.717) is 13.0 Å². The zero-order valence-corrected chi connectivity index (χ0v) is 22.7. The van der Waals surface area contributed by atoms with Gasteiger partial charge in [-0.15, -0.1) is 0 Å². The van der Waals surface area contributed by atoms with Crippen LogP contribution in [0.3, 0.4) is 0 Å². The first kappa shape index (κ1) is 33.5. The van der Waals surface area contributed by atoms with Crippen molar-refractivity contribution < 1.29 is 32.8 Å². The number of esters is 1. The lowest BCUT2D eigenvalue weighted by molar-refractivity contribution is -0.154. The van der Waals surface area contributed by atoms with E-state index in [1.54, 1.807) is 0 Å². The second-order valence-electron chi connectivity index (χ2n) is 8.92. The van der Waals surface area contributed by atoms with Crippen LogP contribution < -0.4 is 5.73 Å². The van der Waals surface area contributed by atoms with Crippen LogP contribution in [-0.4, -0.2) is 49.9 Å². The van der Waals surface area contributed by atoms with Crippen LogP contribution in [0.4, 0.5) is 0 Å². The first-order valence-electron chi connectivity index (χ1n) is 13.5. The van der Waals surface area contributed by atoms with Crippen molar-refractivity contribution in [1.29, 1.82) is 0 Å². The van der Waals surface area contributed by atoms with Gasteiger partial charge in [-0.25, -0.2) is 4.57 Å². The van der Waals surface area contributed by atoms with Crippen LogP contribution in [0.1, 0.15) is 117 Å². The molecule has 3 N–H and O–H groups in total. The molecule has 0 rings (SSSR count). The van der Waals surface area contributed by atoms with Gasteiger partial charge in [0.2, 0.25) is 0 Å². The van der Waals surface area contributed by atoms with Crippen LogP contribution in [0.15, 0.2) is 0 Å². The fraction of sp³-hybridized carbons (Fsp3) is 0.960. The minimum atomic E-state index is -4.22. The fourth-order valence-corrected chi connectivity index (χ4v) is 4.33. The molecule has 0 aromatic rings. The Balaban J connectivity index is 3.81. The molecule has 2 atom stereocenters. The summed E-state index contributed by atoms with van der Waals surface area (Å²) in [5.41, 5.74) is 5.26. The Morgan fingerprint density at radius 3 is 1.79 bits per heavy atom. The van der Waals surface area contributed by atoms with Crippen LogP contribution in [0.25, 0.3) is 0 Å². The molecule has 0 heterocycles. The molecule has 0 aromatic carbocycles. The highest BCUT2D eigenvalue weighted by atomic mass is 31.2. The van der Waals surface area contributed by atoms with E-state index >= 15 is 0 Å². The molecule has 0 aliphatic carbocycles. The minimum absolute atomic E-state index is 0.0936. The van der Waals surface area contributed by atoms with E-state index in [1.165, 1.54) is 77.0 Å². The third-order valence-corrected chi connectivity index (χ3v) is 6.48. The van der Waals surface area contributed by atoms with Crippen molar-refractivity contribution in [3.63, 3.8) is 0 Å². The fourth-order valence-electron chi connectivity index (χ4n) is 3.56. The molecule has 8 nitrogen and oxygen atoms in total. The maximum atomic E-state index is 11.8. The molecule has 0 aromatic heterocycles. The topological polar surface area (TPSA) is 117 Å². The van der Waals surface area contributed by atoms with Crippen molar-refractivity contribution >= 4 is 13.8 Å². The summed E-state index contributed by atoms with van der Waals surface area (Å²) in [7, 11) is -4.22. The van der Waals surface area contributed by atoms with Gasteiger partial charge in [0.05, 0.1) is 19.8 Å². The zero-order chi connectivity index (χ0) is 25.3. The number of hydrogen-bond donors (Lipinski definition) is 2. The summed E-state index contributed by atoms with van der Waals surface area (Å²) in [6, 6.07) is 0. The molecule has 0 aliphatic heterocycles. The highest BCUT2D eigenvalue weighted by Gasteiger charge is 2.25. The Kier molecular flexibility index (Phi) is 23.8. The van der Waals surface area contributed by atoms with Crippen molar-refractivity contribution in [2.24, 2.45) is 5.73 Å². The summed E-state index contributed by atoms with van der Waals surface area (Å²) < 4.78 is 32.4. The van der Waals surface area contributed by atoms with E-state index < -0.39 is 13.9 Å². The molecule has 0 radical (unpaired) electrons. The van der Waals surface area contributed by atoms with Gasteiger partial charge in [0.25, 0.3) is 0 Å². The van der Waals surface area contributed by atoms with E-state index in [9.17, 15) is 14.3 Å². The standard InChI is InChI=1S/C25H52NO7P/c1-3-5-6-7-8-9-10-11-12-13-14-15-16-17-20-30-22-24(33-25(27)18-4-2)23-32-34(28,29)31-21-19-26/h24H,3-23,26H2,1-2H3,(H,28,29). The second kappa shape index (κ2) is 24.2. The van der Waals surface area contributed by atoms with Crippen LogP contribution in [0.5, 0.6) is 0 Å². The number of carbonyl (C=O) groups excluding carboxylic acids is 1. The molecule has 2 unspecified atom stereocenters. The first-order chi connectivity index (χ1) is 16.4. The Labute approximate surface area is 208 Å². The highest BCUT2D eigenvalue weighted by Crippen LogP contribution is 2.43. The van der Waals surface area contributed by atoms with Crippen molar-refractivity contribution in [2.45, 2.75) is 123 Å². The number of phosphoric acid groups is 1. The zero-order valence-electron chi connectivity index (χ0n) is 21.8. The normalized spacial score (nSPS) is 14.1. The molecule has 204 valence electrons. The third-order valence-electron chi connectivity index (χ3n) is 5.49. The van der Waals surface area contributed by atoms with Gasteiger partial charge in [0.15, 0.2) is 0 Å². The molecule has 0 aliphatic rings. The van der Waals surface area contributed by atoms with E-state index in [-0.39, 0.29) is 38.8 Å². The van der Waals surface area contributed by atoms with Crippen molar-refractivity contribution in [3.8, 4) is 0 Å². The van der Waals surface area contributed by atoms with Gasteiger partial charge in [-0.05, 0) is 12.8 Å². The third kappa shape index (κ3) is 23.3. The Bertz CT molecular complexity index is 508. The molecule has 9 heteroatoms. The monoisotopic (exact) mass is 509 g/mol. The molecule has 0 spiro atoms. The SMILES string of the molecule is CCCCCCCCCCCCCCCCOCC(COP(=O)(O)OCCN)OC(=O)CCC. The van der Waals surface area contributed by atoms with Crippen molar-refractivity contribution in [2.75, 3.05) is 33.0 Å². The summed E-state index contributed by atoms with van der Waals surface area (Å²) >= 11 is 0. The predicted octanol–water partition coefficient (Wildman–Crippen LogP) is 6.29. The number of ether oxygens (including phenoxy) is 2. The lowest BCUT2D eigenvalue weighted by atomic mass is 10.0. The van der Waals surface area contributed by atoms with Crippen molar-refractivity contribution in [3.05, 3.63) is 0 Å². The minimum Gasteiger partial charge on any atom is -0.457 e. The summed E-state index contributed by atoms with van der Waals surface area (Å²) in [5, 5.41) is 0. The quantitative estimate of drug-likeness (QED) is 0.0794. The van der Waals surface area contributed by atoms with Gasteiger partial charge in [0.1, 0.15) is 6.10 Å². The van der Waals surface area contributed by atoms with Crippen LogP contribution in [0.2, 0.25) is 0 Å². The number of rotatable bonds is 26. The first-order valence-corrected chi connectivity index (χ1v) is 15.0. The van der Waals surface area contributed by atoms with Gasteiger partial charge in [0, 0.05) is 19.6 Å². The van der Waals surface area contributed by atoms with Gasteiger partial charge in [-0.1, -0.05) is 97.3 Å². The molecule has 0 bridgehead atoms. The van der Waals surface area contributed by atoms with E-state index in [2.05, 4.69) is 6.92 Å². The van der Waals surface area contributed by atoms with E-state index in [1.807, 2.05) is 6.92 Å². The number of unbranched alkanes of at least 4 members (excludes halogenated alkanes) is 13. The average molecular weight is 510 g/mol. The van der Waals surface area contributed by atoms with Crippen LogP contribution in [0, 0.1) is 0 Å². The van der Waals surface area contributed by atoms with E-state index in [0.717, 1.165) is 12.8 Å². The Morgan fingerprint density at radius 2 is 1.29 bits per heavy atom. The van der Waals surface area contributed by atoms with Gasteiger partial charge < -0.3 is 20.1 Å². The Hall–Kier alpha value is -0.500. The summed E-state index contributed by atoms with van der Waals surface area (Å²) in [6.07, 6.45) is 18.3. The van der Waals surface area contributed by atoms with Gasteiger partial charge >= 0.3 is 13.8 Å². The average Bonchev–Trinajstić information content (AvgIpc) is 2.81. The second-order valence-corrected chi connectivity index (χ2v) is 10.4. The Morgan fingerprint density at radius 1 is 0.765 bits per heavy atom. The molecular formula is C25H52NO7P. The highest BCUT2D eigenvalue weighted by molar-refractivity contribution is 7.47. The maximum absolute atomic E-state index is 11.8. The number of carbonyl (C=O) groups is 1. The molecule has 0 saturated carbocycles. The molecule has 0 saturated heterocycles. The lowest BCUT2D eigenvalue weighted by Gasteiger charge is -2.19. The molecule has 34 heavy (non-hydrogen) atoms. The largest absolute Gasteiger partial charge is 0.472 e. The number of nitrogens with two attached hydrogens (primary N) is 1. The van der Waals surface area contributed by atoms with Gasteiger partial charge in [-0.3, -0.25) is 13.8 Å². The van der Waals surface area contributed by atoms with Crippen LogP contribution >= 0.6 is 7.82 Å². The molecule has 0 fully saturated rings. The van der Waals surface area contributed by atoms with Crippen molar-refractivity contribution in [1.82, 2.24) is 0 Å². The summed E-state index contributed by atoms with van der Waals surface area (Å²) in [4.78, 5) is 21.4. The summed E-state index contributed by atoms with van der Waals surface area (Å²) in [6.45, 7) is 4.54. The lowest BCUT2D eigenvalue weighted by Crippen LogP contribution is -2.28. The smallest absolute Gasteiger partial charge is 0.457 e. The molecule has 0 amide bonds.